The van der Waals surface area contributed by atoms with E-state index in [-0.39, 0.29) is 24.5 Å². The average Bonchev–Trinajstić information content (AvgIpc) is 3.35. The van der Waals surface area contributed by atoms with Crippen LogP contribution in [0.5, 0.6) is 5.75 Å². The van der Waals surface area contributed by atoms with Crippen molar-refractivity contribution in [2.45, 2.75) is 13.3 Å². The van der Waals surface area contributed by atoms with Gasteiger partial charge < -0.3 is 29.1 Å². The van der Waals surface area contributed by atoms with Crippen molar-refractivity contribution in [3.63, 3.8) is 0 Å². The highest BCUT2D eigenvalue weighted by molar-refractivity contribution is 7.13. The number of amides is 4. The fraction of sp³-hybridized carbons (Fsp3) is 0.500. The molecule has 2 fully saturated rings. The van der Waals surface area contributed by atoms with Gasteiger partial charge in [0.25, 0.3) is 0 Å². The monoisotopic (exact) mass is 516 g/mol. The van der Waals surface area contributed by atoms with Crippen LogP contribution in [-0.4, -0.2) is 104 Å². The molecule has 0 atom stereocenters. The zero-order valence-electron chi connectivity index (χ0n) is 20.6. The van der Waals surface area contributed by atoms with Crippen LogP contribution < -0.4 is 15.0 Å². The summed E-state index contributed by atoms with van der Waals surface area (Å²) in [6.45, 7) is 6.49. The van der Waals surface area contributed by atoms with Gasteiger partial charge in [-0.25, -0.2) is 14.6 Å². The molecule has 1 N–H and O–H groups in total. The Bertz CT molecular complexity index is 1060. The number of thiazole rings is 1. The molecule has 0 bridgehead atoms. The molecule has 11 nitrogen and oxygen atoms in total. The molecule has 4 amide bonds. The summed E-state index contributed by atoms with van der Waals surface area (Å²) in [6, 6.07) is 7.63. The molecular formula is C24H32N6O5S. The summed E-state index contributed by atoms with van der Waals surface area (Å²) in [5, 5.41) is 5.06. The SMILES string of the molecule is CCOC(=O)N1CCN(C(=O)Nc2nc(CC(=O)N3CCN(c4ccccc4OC)CC3)cs2)CC1. The first-order valence-electron chi connectivity index (χ1n) is 12.1. The summed E-state index contributed by atoms with van der Waals surface area (Å²) in [6.07, 6.45) is -0.160. The lowest BCUT2D eigenvalue weighted by atomic mass is 10.2. The summed E-state index contributed by atoms with van der Waals surface area (Å²) >= 11 is 1.30. The number of anilines is 2. The lowest BCUT2D eigenvalue weighted by Gasteiger charge is -2.36. The Morgan fingerprint density at radius 3 is 2.33 bits per heavy atom. The topological polar surface area (TPSA) is 108 Å². The molecule has 0 saturated carbocycles. The minimum Gasteiger partial charge on any atom is -0.495 e. The van der Waals surface area contributed by atoms with Crippen LogP contribution in [0.3, 0.4) is 0 Å². The second kappa shape index (κ2) is 11.9. The molecule has 0 radical (unpaired) electrons. The van der Waals surface area contributed by atoms with E-state index < -0.39 is 0 Å². The number of ether oxygens (including phenoxy) is 2. The molecule has 0 unspecified atom stereocenters. The molecule has 1 aromatic heterocycles. The van der Waals surface area contributed by atoms with E-state index in [4.69, 9.17) is 9.47 Å². The van der Waals surface area contributed by atoms with E-state index in [9.17, 15) is 14.4 Å². The van der Waals surface area contributed by atoms with Gasteiger partial charge in [0.2, 0.25) is 5.91 Å². The Balaban J connectivity index is 1.22. The Hall–Kier alpha value is -3.54. The molecule has 4 rings (SSSR count). The van der Waals surface area contributed by atoms with Crippen LogP contribution in [-0.2, 0) is 16.0 Å². The van der Waals surface area contributed by atoms with Gasteiger partial charge in [-0.1, -0.05) is 12.1 Å². The van der Waals surface area contributed by atoms with E-state index in [1.165, 1.54) is 11.3 Å². The fourth-order valence-electron chi connectivity index (χ4n) is 4.28. The van der Waals surface area contributed by atoms with Crippen molar-refractivity contribution in [1.82, 2.24) is 19.7 Å². The van der Waals surface area contributed by atoms with Gasteiger partial charge in [-0.2, -0.15) is 0 Å². The van der Waals surface area contributed by atoms with Gasteiger partial charge in [0, 0.05) is 57.7 Å². The van der Waals surface area contributed by atoms with Gasteiger partial charge in [-0.15, -0.1) is 11.3 Å². The maximum atomic E-state index is 12.9. The van der Waals surface area contributed by atoms with Crippen molar-refractivity contribution in [2.24, 2.45) is 0 Å². The number of nitrogens with one attached hydrogen (secondary N) is 1. The minimum absolute atomic E-state index is 0.0212. The molecule has 2 aliphatic rings. The van der Waals surface area contributed by atoms with E-state index >= 15 is 0 Å². The Kier molecular flexibility index (Phi) is 8.47. The Morgan fingerprint density at radius 2 is 1.64 bits per heavy atom. The first kappa shape index (κ1) is 25.5. The number of methoxy groups -OCH3 is 1. The maximum absolute atomic E-state index is 12.9. The first-order valence-corrected chi connectivity index (χ1v) is 12.9. The van der Waals surface area contributed by atoms with Crippen LogP contribution >= 0.6 is 11.3 Å². The van der Waals surface area contributed by atoms with Crippen molar-refractivity contribution >= 4 is 40.2 Å². The van der Waals surface area contributed by atoms with E-state index in [0.717, 1.165) is 24.5 Å². The van der Waals surface area contributed by atoms with E-state index in [1.54, 1.807) is 29.2 Å². The number of carbonyl (C=O) groups excluding carboxylic acids is 3. The lowest BCUT2D eigenvalue weighted by Crippen LogP contribution is -2.51. The molecular weight excluding hydrogens is 484 g/mol. The molecule has 0 spiro atoms. The number of hydrogen-bond donors (Lipinski definition) is 1. The fourth-order valence-corrected chi connectivity index (χ4v) is 4.98. The summed E-state index contributed by atoms with van der Waals surface area (Å²) < 4.78 is 10.5. The number of benzene rings is 1. The molecule has 2 saturated heterocycles. The Labute approximate surface area is 214 Å². The standard InChI is InChI=1S/C24H32N6O5S/c1-3-35-24(33)30-14-12-29(13-15-30)23(32)26-22-25-18(17-36-22)16-21(31)28-10-8-27(9-11-28)19-6-4-5-7-20(19)34-2/h4-7,17H,3,8-16H2,1-2H3,(H,25,26,32). The molecule has 0 aliphatic carbocycles. The smallest absolute Gasteiger partial charge is 0.409 e. The number of aromatic nitrogens is 1. The van der Waals surface area contributed by atoms with Crippen molar-refractivity contribution in [2.75, 3.05) is 76.3 Å². The second-order valence-corrected chi connectivity index (χ2v) is 9.32. The summed E-state index contributed by atoms with van der Waals surface area (Å²) in [4.78, 5) is 49.0. The first-order chi connectivity index (χ1) is 17.5. The summed E-state index contributed by atoms with van der Waals surface area (Å²) in [7, 11) is 1.66. The highest BCUT2D eigenvalue weighted by atomic mass is 32.1. The van der Waals surface area contributed by atoms with Gasteiger partial charge >= 0.3 is 12.1 Å². The van der Waals surface area contributed by atoms with Crippen LogP contribution in [0, 0.1) is 0 Å². The van der Waals surface area contributed by atoms with Gasteiger partial charge in [-0.3, -0.25) is 10.1 Å². The van der Waals surface area contributed by atoms with E-state index in [1.807, 2.05) is 29.2 Å². The molecule has 2 aromatic rings. The largest absolute Gasteiger partial charge is 0.495 e. The maximum Gasteiger partial charge on any atom is 0.409 e. The number of nitrogens with zero attached hydrogens (tertiary/aromatic N) is 5. The number of para-hydroxylation sites is 2. The van der Waals surface area contributed by atoms with Gasteiger partial charge in [0.1, 0.15) is 5.75 Å². The third-order valence-corrected chi connectivity index (χ3v) is 7.06. The highest BCUT2D eigenvalue weighted by Gasteiger charge is 2.26. The van der Waals surface area contributed by atoms with Gasteiger partial charge in [0.05, 0.1) is 31.5 Å². The van der Waals surface area contributed by atoms with E-state index in [2.05, 4.69) is 15.2 Å². The number of carbonyl (C=O) groups is 3. The third-order valence-electron chi connectivity index (χ3n) is 6.25. The van der Waals surface area contributed by atoms with Crippen molar-refractivity contribution in [3.05, 3.63) is 35.3 Å². The lowest BCUT2D eigenvalue weighted by molar-refractivity contribution is -0.130. The third kappa shape index (κ3) is 6.17. The van der Waals surface area contributed by atoms with Crippen LogP contribution in [0.4, 0.5) is 20.4 Å². The van der Waals surface area contributed by atoms with Gasteiger partial charge in [-0.05, 0) is 19.1 Å². The molecule has 194 valence electrons. The van der Waals surface area contributed by atoms with Crippen molar-refractivity contribution < 1.29 is 23.9 Å². The second-order valence-electron chi connectivity index (χ2n) is 8.46. The number of piperazine rings is 2. The van der Waals surface area contributed by atoms with E-state index in [0.29, 0.717) is 56.7 Å². The van der Waals surface area contributed by atoms with Crippen LogP contribution in [0.25, 0.3) is 0 Å². The molecule has 2 aliphatic heterocycles. The zero-order chi connectivity index (χ0) is 25.5. The molecule has 12 heteroatoms. The normalized spacial score (nSPS) is 16.1. The predicted molar refractivity (Wildman–Crippen MR) is 137 cm³/mol. The van der Waals surface area contributed by atoms with Crippen LogP contribution in [0.2, 0.25) is 0 Å². The zero-order valence-corrected chi connectivity index (χ0v) is 21.5. The van der Waals surface area contributed by atoms with Crippen molar-refractivity contribution in [3.8, 4) is 5.75 Å². The van der Waals surface area contributed by atoms with Crippen LogP contribution in [0.1, 0.15) is 12.6 Å². The number of hydrogen-bond acceptors (Lipinski definition) is 8. The Morgan fingerprint density at radius 1 is 0.972 bits per heavy atom. The van der Waals surface area contributed by atoms with Crippen molar-refractivity contribution in [1.29, 1.82) is 0 Å². The molecule has 1 aromatic carbocycles. The van der Waals surface area contributed by atoms with Gasteiger partial charge in [0.15, 0.2) is 5.13 Å². The average molecular weight is 517 g/mol. The molecule has 3 heterocycles. The summed E-state index contributed by atoms with van der Waals surface area (Å²) in [5.74, 6) is 0.850. The minimum atomic E-state index is -0.354. The quantitative estimate of drug-likeness (QED) is 0.628. The number of rotatable bonds is 6. The summed E-state index contributed by atoms with van der Waals surface area (Å²) in [5.41, 5.74) is 1.67. The predicted octanol–water partition coefficient (Wildman–Crippen LogP) is 2.35. The molecule has 36 heavy (non-hydrogen) atoms. The number of urea groups is 1. The highest BCUT2D eigenvalue weighted by Crippen LogP contribution is 2.28. The van der Waals surface area contributed by atoms with Crippen LogP contribution in [0.15, 0.2) is 29.6 Å².